The van der Waals surface area contributed by atoms with E-state index < -0.39 is 11.5 Å². The van der Waals surface area contributed by atoms with Crippen molar-refractivity contribution in [2.24, 2.45) is 5.92 Å². The SMILES string of the molecule is Cc1ccccc1CN1C(=O)C2(c3ccccc31)C(C(=O)c1ccccc1)C(c1ccc(F)cc1)C[NH+]2C. The van der Waals surface area contributed by atoms with Crippen molar-refractivity contribution in [2.75, 3.05) is 18.5 Å². The van der Waals surface area contributed by atoms with Crippen LogP contribution in [0.1, 0.15) is 38.5 Å². The van der Waals surface area contributed by atoms with Gasteiger partial charge in [0.1, 0.15) is 11.7 Å². The molecule has 4 aromatic carbocycles. The lowest BCUT2D eigenvalue weighted by Gasteiger charge is -2.33. The normalized spacial score (nSPS) is 24.1. The van der Waals surface area contributed by atoms with E-state index in [0.29, 0.717) is 18.7 Å². The smallest absolute Gasteiger partial charge is 0.294 e. The van der Waals surface area contributed by atoms with Gasteiger partial charge in [0.15, 0.2) is 5.78 Å². The number of hydrogen-bond donors (Lipinski definition) is 1. The van der Waals surface area contributed by atoms with E-state index in [4.69, 9.17) is 0 Å². The van der Waals surface area contributed by atoms with Gasteiger partial charge in [0.25, 0.3) is 5.91 Å². The molecule has 6 rings (SSSR count). The second-order valence-electron chi connectivity index (χ2n) is 10.5. The summed E-state index contributed by atoms with van der Waals surface area (Å²) >= 11 is 0. The zero-order chi connectivity index (χ0) is 26.4. The van der Waals surface area contributed by atoms with Crippen LogP contribution < -0.4 is 9.80 Å². The fourth-order valence-electron chi connectivity index (χ4n) is 6.67. The van der Waals surface area contributed by atoms with E-state index in [1.54, 1.807) is 12.1 Å². The van der Waals surface area contributed by atoms with Gasteiger partial charge in [0.2, 0.25) is 5.54 Å². The van der Waals surface area contributed by atoms with E-state index >= 15 is 0 Å². The van der Waals surface area contributed by atoms with Crippen LogP contribution in [0.4, 0.5) is 10.1 Å². The second kappa shape index (κ2) is 9.34. The number of amides is 1. The molecule has 4 aromatic rings. The van der Waals surface area contributed by atoms with Gasteiger partial charge in [-0.3, -0.25) is 9.59 Å². The summed E-state index contributed by atoms with van der Waals surface area (Å²) in [4.78, 5) is 32.0. The number of halogens is 1. The number of hydrogen-bond acceptors (Lipinski definition) is 2. The Hall–Kier alpha value is -4.09. The number of anilines is 1. The Bertz CT molecular complexity index is 1520. The van der Waals surface area contributed by atoms with E-state index in [1.165, 1.54) is 12.1 Å². The molecule has 1 amide bonds. The van der Waals surface area contributed by atoms with Gasteiger partial charge in [0.05, 0.1) is 31.7 Å². The molecule has 1 spiro atoms. The molecule has 5 heteroatoms. The summed E-state index contributed by atoms with van der Waals surface area (Å²) in [5.74, 6) is -1.33. The number of aryl methyl sites for hydroxylation is 1. The largest absolute Gasteiger partial charge is 0.320 e. The van der Waals surface area contributed by atoms with Crippen molar-refractivity contribution in [1.29, 1.82) is 0 Å². The van der Waals surface area contributed by atoms with Crippen molar-refractivity contribution >= 4 is 17.4 Å². The highest BCUT2D eigenvalue weighted by Gasteiger charge is 2.69. The zero-order valence-electron chi connectivity index (χ0n) is 21.5. The molecular formula is C33H30FN2O2+. The van der Waals surface area contributed by atoms with Crippen LogP contribution in [0.5, 0.6) is 0 Å². The lowest BCUT2D eigenvalue weighted by atomic mass is 9.70. The first-order valence-corrected chi connectivity index (χ1v) is 13.1. The fraction of sp³-hybridized carbons (Fsp3) is 0.212. The molecule has 0 aliphatic carbocycles. The van der Waals surface area contributed by atoms with Gasteiger partial charge in [0, 0.05) is 11.1 Å². The monoisotopic (exact) mass is 505 g/mol. The van der Waals surface area contributed by atoms with Crippen molar-refractivity contribution in [3.8, 4) is 0 Å². The number of para-hydroxylation sites is 1. The lowest BCUT2D eigenvalue weighted by molar-refractivity contribution is -0.918. The number of quaternary nitrogens is 1. The number of Topliss-reactive ketones (excluding diaryl/α,β-unsaturated/α-hetero) is 1. The van der Waals surface area contributed by atoms with E-state index in [0.717, 1.165) is 32.8 Å². The number of benzene rings is 4. The van der Waals surface area contributed by atoms with Crippen molar-refractivity contribution in [2.45, 2.75) is 24.9 Å². The first kappa shape index (κ1) is 24.3. The minimum absolute atomic E-state index is 0.0571. The Morgan fingerprint density at radius 2 is 1.58 bits per heavy atom. The van der Waals surface area contributed by atoms with Crippen molar-refractivity contribution in [1.82, 2.24) is 0 Å². The molecule has 0 radical (unpaired) electrons. The molecule has 2 aliphatic heterocycles. The van der Waals surface area contributed by atoms with E-state index in [-0.39, 0.29) is 23.4 Å². The molecular weight excluding hydrogens is 475 g/mol. The van der Waals surface area contributed by atoms with Crippen LogP contribution in [0, 0.1) is 18.7 Å². The van der Waals surface area contributed by atoms with Gasteiger partial charge in [-0.15, -0.1) is 0 Å². The molecule has 1 saturated heterocycles. The zero-order valence-corrected chi connectivity index (χ0v) is 21.5. The maximum atomic E-state index is 14.8. The van der Waals surface area contributed by atoms with Crippen LogP contribution in [0.2, 0.25) is 0 Å². The number of ketones is 1. The summed E-state index contributed by atoms with van der Waals surface area (Å²) in [7, 11) is 2.01. The van der Waals surface area contributed by atoms with Crippen LogP contribution in [0.15, 0.2) is 103 Å². The minimum atomic E-state index is -1.09. The Kier molecular flexibility index (Phi) is 5.96. The second-order valence-corrected chi connectivity index (χ2v) is 10.5. The highest BCUT2D eigenvalue weighted by Crippen LogP contribution is 2.51. The number of fused-ring (bicyclic) bond motifs is 2. The van der Waals surface area contributed by atoms with Gasteiger partial charge in [-0.1, -0.05) is 84.9 Å². The molecule has 2 aliphatic rings. The number of carbonyl (C=O) groups excluding carboxylic acids is 2. The standard InChI is InChI=1S/C33H29FN2O2/c1-22-10-6-7-13-25(22)20-36-29-15-9-8-14-28(29)33(32(36)38)30(31(37)24-11-4-3-5-12-24)27(21-35(33)2)23-16-18-26(34)19-17-23/h3-19,27,30H,20-21H2,1-2H3/p+1. The number of rotatable bonds is 5. The number of nitrogens with zero attached hydrogens (tertiary/aromatic N) is 1. The maximum absolute atomic E-state index is 14.8. The maximum Gasteiger partial charge on any atom is 0.294 e. The fourth-order valence-corrected chi connectivity index (χ4v) is 6.67. The van der Waals surface area contributed by atoms with Gasteiger partial charge in [-0.2, -0.15) is 0 Å². The summed E-state index contributed by atoms with van der Waals surface area (Å²) in [5, 5.41) is 0. The molecule has 1 fully saturated rings. The number of nitrogens with one attached hydrogen (secondary N) is 1. The molecule has 2 heterocycles. The Labute approximate surface area is 222 Å². The van der Waals surface area contributed by atoms with E-state index in [2.05, 4.69) is 19.1 Å². The topological polar surface area (TPSA) is 41.8 Å². The third-order valence-electron chi connectivity index (χ3n) is 8.50. The van der Waals surface area contributed by atoms with Crippen LogP contribution in [-0.2, 0) is 16.9 Å². The predicted molar refractivity (Wildman–Crippen MR) is 146 cm³/mol. The quantitative estimate of drug-likeness (QED) is 0.400. The first-order chi connectivity index (χ1) is 18.4. The minimum Gasteiger partial charge on any atom is -0.320 e. The highest BCUT2D eigenvalue weighted by atomic mass is 19.1. The molecule has 4 nitrogen and oxygen atoms in total. The Balaban J connectivity index is 1.54. The average molecular weight is 506 g/mol. The molecule has 0 bridgehead atoms. The average Bonchev–Trinajstić information content (AvgIpc) is 3.38. The van der Waals surface area contributed by atoms with Gasteiger partial charge in [-0.05, 0) is 41.8 Å². The molecule has 190 valence electrons. The van der Waals surface area contributed by atoms with Gasteiger partial charge < -0.3 is 9.80 Å². The van der Waals surface area contributed by atoms with Crippen molar-refractivity contribution < 1.29 is 18.9 Å². The molecule has 0 aromatic heterocycles. The lowest BCUT2D eigenvalue weighted by Crippen LogP contribution is -3.16. The van der Waals surface area contributed by atoms with E-state index in [1.807, 2.05) is 78.7 Å². The summed E-state index contributed by atoms with van der Waals surface area (Å²) in [6, 6.07) is 31.6. The van der Waals surface area contributed by atoms with Crippen LogP contribution in [-0.4, -0.2) is 25.3 Å². The van der Waals surface area contributed by atoms with Crippen LogP contribution in [0.25, 0.3) is 0 Å². The highest BCUT2D eigenvalue weighted by molar-refractivity contribution is 6.12. The third-order valence-corrected chi connectivity index (χ3v) is 8.50. The molecule has 4 unspecified atom stereocenters. The molecule has 4 atom stereocenters. The van der Waals surface area contributed by atoms with Crippen LogP contribution >= 0.6 is 0 Å². The van der Waals surface area contributed by atoms with Crippen LogP contribution in [0.3, 0.4) is 0 Å². The first-order valence-electron chi connectivity index (χ1n) is 13.1. The summed E-state index contributed by atoms with van der Waals surface area (Å²) in [6.07, 6.45) is 0. The van der Waals surface area contributed by atoms with Crippen molar-refractivity contribution in [3.63, 3.8) is 0 Å². The number of likely N-dealkylation sites (tertiary alicyclic amines) is 1. The molecule has 38 heavy (non-hydrogen) atoms. The summed E-state index contributed by atoms with van der Waals surface area (Å²) in [5.41, 5.74) is 4.29. The summed E-state index contributed by atoms with van der Waals surface area (Å²) in [6.45, 7) is 3.06. The van der Waals surface area contributed by atoms with Crippen molar-refractivity contribution in [3.05, 3.63) is 137 Å². The van der Waals surface area contributed by atoms with Gasteiger partial charge >= 0.3 is 0 Å². The molecule has 1 N–H and O–H groups in total. The Morgan fingerprint density at radius 1 is 0.921 bits per heavy atom. The number of carbonyl (C=O) groups is 2. The third kappa shape index (κ3) is 3.61. The molecule has 0 saturated carbocycles. The number of likely N-dealkylation sites (N-methyl/N-ethyl adjacent to an activating group) is 1. The van der Waals surface area contributed by atoms with E-state index in [9.17, 15) is 14.0 Å². The summed E-state index contributed by atoms with van der Waals surface area (Å²) < 4.78 is 13.9. The van der Waals surface area contributed by atoms with Gasteiger partial charge in [-0.25, -0.2) is 4.39 Å². The Morgan fingerprint density at radius 3 is 2.32 bits per heavy atom. The predicted octanol–water partition coefficient (Wildman–Crippen LogP) is 4.69.